The summed E-state index contributed by atoms with van der Waals surface area (Å²) in [5.74, 6) is -1.04. The van der Waals surface area contributed by atoms with Gasteiger partial charge in [-0.1, -0.05) is 231 Å². The molecule has 0 aliphatic carbocycles. The minimum Gasteiger partial charge on any atom is -0.462 e. The van der Waals surface area contributed by atoms with E-state index in [9.17, 15) is 14.4 Å². The van der Waals surface area contributed by atoms with Crippen molar-refractivity contribution in [1.82, 2.24) is 0 Å². The number of rotatable bonds is 51. The summed E-state index contributed by atoms with van der Waals surface area (Å²) in [4.78, 5) is 38.2. The van der Waals surface area contributed by atoms with Crippen molar-refractivity contribution in [3.63, 3.8) is 0 Å². The third-order valence-electron chi connectivity index (χ3n) is 11.8. The van der Waals surface area contributed by atoms with Gasteiger partial charge in [0.2, 0.25) is 0 Å². The van der Waals surface area contributed by atoms with Crippen LogP contribution < -0.4 is 0 Å². The zero-order chi connectivity index (χ0) is 52.9. The molecule has 0 N–H and O–H groups in total. The minimum atomic E-state index is -0.835. The van der Waals surface area contributed by atoms with Crippen LogP contribution in [0.15, 0.2) is 146 Å². The molecule has 0 aliphatic heterocycles. The van der Waals surface area contributed by atoms with Crippen LogP contribution in [0.2, 0.25) is 0 Å². The smallest absolute Gasteiger partial charge is 0.306 e. The Morgan fingerprint density at radius 2 is 0.548 bits per heavy atom. The Kier molecular flexibility index (Phi) is 56.0. The highest BCUT2D eigenvalue weighted by atomic mass is 16.6. The maximum atomic E-state index is 12.8. The van der Waals surface area contributed by atoms with Crippen molar-refractivity contribution >= 4 is 17.9 Å². The molecule has 73 heavy (non-hydrogen) atoms. The van der Waals surface area contributed by atoms with Gasteiger partial charge >= 0.3 is 17.9 Å². The number of unbranched alkanes of at least 4 members (excludes halogenated alkanes) is 16. The Balaban J connectivity index is 4.52. The van der Waals surface area contributed by atoms with Gasteiger partial charge in [-0.3, -0.25) is 14.4 Å². The molecule has 0 spiro atoms. The van der Waals surface area contributed by atoms with Crippen molar-refractivity contribution in [1.29, 1.82) is 0 Å². The minimum absolute atomic E-state index is 0.124. The first-order valence-corrected chi connectivity index (χ1v) is 29.3. The lowest BCUT2D eigenvalue weighted by Crippen LogP contribution is -2.30. The highest BCUT2D eigenvalue weighted by Crippen LogP contribution is 2.13. The van der Waals surface area contributed by atoms with E-state index in [-0.39, 0.29) is 44.0 Å². The summed E-state index contributed by atoms with van der Waals surface area (Å²) in [6, 6.07) is 0. The second-order valence-corrected chi connectivity index (χ2v) is 18.8. The number of allylic oxidation sites excluding steroid dienone is 24. The number of carbonyl (C=O) groups excluding carboxylic acids is 3. The summed E-state index contributed by atoms with van der Waals surface area (Å²) < 4.78 is 16.8. The third-order valence-corrected chi connectivity index (χ3v) is 11.8. The summed E-state index contributed by atoms with van der Waals surface area (Å²) in [5, 5.41) is 0. The van der Waals surface area contributed by atoms with Crippen LogP contribution in [0, 0.1) is 0 Å². The fourth-order valence-electron chi connectivity index (χ4n) is 7.47. The standard InChI is InChI=1S/C67H106O6/c1-4-7-10-13-16-19-22-25-28-30-31-32-33-34-35-37-39-42-45-48-51-54-57-60-66(69)72-63-64(62-71-65(68)59-56-53-50-47-44-41-38-27-24-21-18-15-12-9-6-3)73-67(70)61-58-55-52-49-46-43-40-36-29-26-23-20-17-14-11-8-5-2/h8-9,11-12,17-18,20-22,25-27,29-31,33-34,38,40,43-44,47,49,52,64H,4-7,10,13-16,19,23-24,28,32,35-37,39,41-42,45-46,48,50-51,53-63H2,1-3H3/b11-8-,12-9-,20-17-,21-18-,25-22-,29-26-,31-30-,34-33-,38-27-,43-40-,47-44-,52-49-. The van der Waals surface area contributed by atoms with E-state index < -0.39 is 6.10 Å². The highest BCUT2D eigenvalue weighted by Gasteiger charge is 2.19. The van der Waals surface area contributed by atoms with Crippen molar-refractivity contribution in [3.05, 3.63) is 146 Å². The monoisotopic (exact) mass is 1010 g/mol. The van der Waals surface area contributed by atoms with E-state index in [1.165, 1.54) is 70.6 Å². The van der Waals surface area contributed by atoms with Gasteiger partial charge in [0.1, 0.15) is 13.2 Å². The van der Waals surface area contributed by atoms with E-state index in [0.29, 0.717) is 19.3 Å². The second kappa shape index (κ2) is 59.8. The molecule has 0 aliphatic rings. The molecule has 0 heterocycles. The van der Waals surface area contributed by atoms with Crippen molar-refractivity contribution in [3.8, 4) is 0 Å². The maximum absolute atomic E-state index is 12.8. The Bertz CT molecular complexity index is 1630. The van der Waals surface area contributed by atoms with Gasteiger partial charge in [0.05, 0.1) is 0 Å². The molecule has 0 radical (unpaired) electrons. The molecule has 0 amide bonds. The van der Waals surface area contributed by atoms with Gasteiger partial charge in [0.15, 0.2) is 6.10 Å². The van der Waals surface area contributed by atoms with Gasteiger partial charge in [-0.05, 0) is 135 Å². The predicted molar refractivity (Wildman–Crippen MR) is 315 cm³/mol. The van der Waals surface area contributed by atoms with Crippen molar-refractivity contribution in [2.24, 2.45) is 0 Å². The van der Waals surface area contributed by atoms with Gasteiger partial charge in [-0.2, -0.15) is 0 Å². The van der Waals surface area contributed by atoms with E-state index in [1.54, 1.807) is 0 Å². The molecule has 1 atom stereocenters. The molecule has 0 saturated heterocycles. The molecular formula is C67H106O6. The fourth-order valence-corrected chi connectivity index (χ4v) is 7.47. The maximum Gasteiger partial charge on any atom is 0.306 e. The average Bonchev–Trinajstić information content (AvgIpc) is 3.39. The van der Waals surface area contributed by atoms with Gasteiger partial charge < -0.3 is 14.2 Å². The third kappa shape index (κ3) is 58.1. The lowest BCUT2D eigenvalue weighted by molar-refractivity contribution is -0.167. The second-order valence-electron chi connectivity index (χ2n) is 18.8. The van der Waals surface area contributed by atoms with Crippen molar-refractivity contribution < 1.29 is 28.6 Å². The first kappa shape index (κ1) is 68.3. The number of hydrogen-bond acceptors (Lipinski definition) is 6. The molecule has 0 aromatic rings. The molecule has 1 unspecified atom stereocenters. The summed E-state index contributed by atoms with van der Waals surface area (Å²) in [7, 11) is 0. The summed E-state index contributed by atoms with van der Waals surface area (Å²) >= 11 is 0. The van der Waals surface area contributed by atoms with Crippen LogP contribution in [-0.2, 0) is 28.6 Å². The van der Waals surface area contributed by atoms with Crippen LogP contribution in [0.5, 0.6) is 0 Å². The molecule has 0 bridgehead atoms. The van der Waals surface area contributed by atoms with E-state index in [1.807, 2.05) is 0 Å². The predicted octanol–water partition coefficient (Wildman–Crippen LogP) is 20.0. The molecule has 6 nitrogen and oxygen atoms in total. The lowest BCUT2D eigenvalue weighted by atomic mass is 10.1. The van der Waals surface area contributed by atoms with E-state index in [2.05, 4.69) is 167 Å². The molecule has 0 aromatic carbocycles. The SMILES string of the molecule is CC/C=C\C/C=C\C/C=C\C/C=C\C/C=C\CCCC(=O)OC(COC(=O)CCCC/C=C\C/C=C\C/C=C\C/C=C\CC)COC(=O)CCCCCCCCCC/C=C\C/C=C\C/C=C\CCCCCCC. The Labute approximate surface area is 448 Å². The zero-order valence-corrected chi connectivity index (χ0v) is 46.8. The van der Waals surface area contributed by atoms with Crippen LogP contribution in [-0.4, -0.2) is 37.2 Å². The Hall–Kier alpha value is -4.71. The molecule has 0 rings (SSSR count). The van der Waals surface area contributed by atoms with Crippen LogP contribution in [0.25, 0.3) is 0 Å². The van der Waals surface area contributed by atoms with E-state index >= 15 is 0 Å². The normalized spacial score (nSPS) is 13.2. The lowest BCUT2D eigenvalue weighted by Gasteiger charge is -2.18. The first-order chi connectivity index (χ1) is 36.0. The van der Waals surface area contributed by atoms with Crippen LogP contribution in [0.3, 0.4) is 0 Å². The van der Waals surface area contributed by atoms with Crippen molar-refractivity contribution in [2.75, 3.05) is 13.2 Å². The topological polar surface area (TPSA) is 78.9 Å². The molecule has 0 fully saturated rings. The molecule has 6 heteroatoms. The van der Waals surface area contributed by atoms with Crippen LogP contribution in [0.4, 0.5) is 0 Å². The molecular weight excluding hydrogens is 901 g/mol. The Morgan fingerprint density at radius 3 is 0.904 bits per heavy atom. The zero-order valence-electron chi connectivity index (χ0n) is 46.8. The van der Waals surface area contributed by atoms with Crippen LogP contribution >= 0.6 is 0 Å². The summed E-state index contributed by atoms with van der Waals surface area (Å²) in [5.41, 5.74) is 0. The highest BCUT2D eigenvalue weighted by molar-refractivity contribution is 5.71. The number of hydrogen-bond donors (Lipinski definition) is 0. The van der Waals surface area contributed by atoms with Crippen molar-refractivity contribution in [2.45, 2.75) is 245 Å². The summed E-state index contributed by atoms with van der Waals surface area (Å²) in [6.07, 6.45) is 85.6. The van der Waals surface area contributed by atoms with E-state index in [4.69, 9.17) is 14.2 Å². The number of ether oxygens (including phenoxy) is 3. The quantitative estimate of drug-likeness (QED) is 0.0261. The summed E-state index contributed by atoms with van der Waals surface area (Å²) in [6.45, 7) is 6.30. The Morgan fingerprint density at radius 1 is 0.288 bits per heavy atom. The first-order valence-electron chi connectivity index (χ1n) is 29.3. The fraction of sp³-hybridized carbons (Fsp3) is 0.597. The average molecular weight is 1010 g/mol. The van der Waals surface area contributed by atoms with Gasteiger partial charge in [0, 0.05) is 19.3 Å². The number of carbonyl (C=O) groups is 3. The van der Waals surface area contributed by atoms with Gasteiger partial charge in [-0.25, -0.2) is 0 Å². The molecule has 0 saturated carbocycles. The van der Waals surface area contributed by atoms with Crippen LogP contribution in [0.1, 0.15) is 239 Å². The molecule has 0 aromatic heterocycles. The molecule has 410 valence electrons. The van der Waals surface area contributed by atoms with Gasteiger partial charge in [0.25, 0.3) is 0 Å². The largest absolute Gasteiger partial charge is 0.462 e. The van der Waals surface area contributed by atoms with E-state index in [0.717, 1.165) is 116 Å². The van der Waals surface area contributed by atoms with Gasteiger partial charge in [-0.15, -0.1) is 0 Å². The number of esters is 3.